The highest BCUT2D eigenvalue weighted by atomic mass is 32.1. The highest BCUT2D eigenvalue weighted by Crippen LogP contribution is 2.28. The number of nitrogens with zero attached hydrogens (tertiary/aromatic N) is 2. The first-order valence-corrected chi connectivity index (χ1v) is 10.4. The van der Waals surface area contributed by atoms with Crippen molar-refractivity contribution in [1.29, 1.82) is 0 Å². The number of para-hydroxylation sites is 2. The van der Waals surface area contributed by atoms with Crippen molar-refractivity contribution < 1.29 is 4.79 Å². The standard InChI is InChI=1S/C24H23N3OS/c1-17(27(2)16-23-25-21-14-8-9-15-22(21)29-23)24(28)26-20-13-7-6-12-19(20)18-10-4-3-5-11-18/h3-15,17H,16H2,1-2H3,(H,26,28)/t17-/m0/s1. The lowest BCUT2D eigenvalue weighted by molar-refractivity contribution is -0.120. The molecule has 0 radical (unpaired) electrons. The van der Waals surface area contributed by atoms with Gasteiger partial charge < -0.3 is 5.32 Å². The van der Waals surface area contributed by atoms with Crippen LogP contribution in [0.3, 0.4) is 0 Å². The fraction of sp³-hybridized carbons (Fsp3) is 0.167. The van der Waals surface area contributed by atoms with Crippen LogP contribution < -0.4 is 5.32 Å². The van der Waals surface area contributed by atoms with E-state index in [-0.39, 0.29) is 11.9 Å². The van der Waals surface area contributed by atoms with Crippen molar-refractivity contribution in [2.24, 2.45) is 0 Å². The number of amides is 1. The van der Waals surface area contributed by atoms with Gasteiger partial charge in [0.1, 0.15) is 5.01 Å². The predicted molar refractivity (Wildman–Crippen MR) is 121 cm³/mol. The van der Waals surface area contributed by atoms with Gasteiger partial charge >= 0.3 is 0 Å². The van der Waals surface area contributed by atoms with Crippen molar-refractivity contribution in [1.82, 2.24) is 9.88 Å². The van der Waals surface area contributed by atoms with Crippen molar-refractivity contribution in [3.8, 4) is 11.1 Å². The number of carbonyl (C=O) groups is 1. The van der Waals surface area contributed by atoms with E-state index in [4.69, 9.17) is 0 Å². The lowest BCUT2D eigenvalue weighted by atomic mass is 10.0. The number of hydrogen-bond acceptors (Lipinski definition) is 4. The van der Waals surface area contributed by atoms with Gasteiger partial charge in [-0.05, 0) is 37.7 Å². The Morgan fingerprint density at radius 1 is 1.00 bits per heavy atom. The van der Waals surface area contributed by atoms with E-state index in [1.54, 1.807) is 11.3 Å². The summed E-state index contributed by atoms with van der Waals surface area (Å²) in [4.78, 5) is 19.6. The highest BCUT2D eigenvalue weighted by molar-refractivity contribution is 7.18. The summed E-state index contributed by atoms with van der Waals surface area (Å²) in [6.45, 7) is 2.56. The van der Waals surface area contributed by atoms with Crippen molar-refractivity contribution in [3.05, 3.63) is 83.9 Å². The number of carbonyl (C=O) groups excluding carboxylic acids is 1. The van der Waals surface area contributed by atoms with Gasteiger partial charge in [-0.1, -0.05) is 60.7 Å². The third-order valence-electron chi connectivity index (χ3n) is 5.03. The van der Waals surface area contributed by atoms with E-state index in [0.717, 1.165) is 27.3 Å². The molecule has 3 aromatic carbocycles. The third-order valence-corrected chi connectivity index (χ3v) is 6.05. The lowest BCUT2D eigenvalue weighted by Gasteiger charge is -2.23. The van der Waals surface area contributed by atoms with Crippen LogP contribution in [-0.2, 0) is 11.3 Å². The molecule has 1 heterocycles. The maximum absolute atomic E-state index is 12.9. The molecule has 1 atom stereocenters. The number of hydrogen-bond donors (Lipinski definition) is 1. The average molecular weight is 402 g/mol. The van der Waals surface area contributed by atoms with Crippen molar-refractivity contribution in [2.75, 3.05) is 12.4 Å². The SMILES string of the molecule is C[C@@H](C(=O)Nc1ccccc1-c1ccccc1)N(C)Cc1nc2ccccc2s1. The van der Waals surface area contributed by atoms with Gasteiger partial charge in [0.2, 0.25) is 5.91 Å². The summed E-state index contributed by atoms with van der Waals surface area (Å²) in [6.07, 6.45) is 0. The Balaban J connectivity index is 1.47. The molecule has 0 fully saturated rings. The van der Waals surface area contributed by atoms with Gasteiger partial charge in [-0.2, -0.15) is 0 Å². The largest absolute Gasteiger partial charge is 0.324 e. The van der Waals surface area contributed by atoms with Gasteiger partial charge in [-0.15, -0.1) is 11.3 Å². The summed E-state index contributed by atoms with van der Waals surface area (Å²) in [7, 11) is 1.96. The minimum atomic E-state index is -0.286. The predicted octanol–water partition coefficient (Wildman–Crippen LogP) is 5.42. The summed E-state index contributed by atoms with van der Waals surface area (Å²) in [5.41, 5.74) is 3.93. The number of thiazole rings is 1. The minimum Gasteiger partial charge on any atom is -0.324 e. The molecule has 5 heteroatoms. The van der Waals surface area contributed by atoms with Crippen LogP contribution in [0.15, 0.2) is 78.9 Å². The molecule has 0 unspecified atom stereocenters. The summed E-state index contributed by atoms with van der Waals surface area (Å²) in [5, 5.41) is 4.12. The summed E-state index contributed by atoms with van der Waals surface area (Å²) >= 11 is 1.67. The molecule has 4 aromatic rings. The van der Waals surface area contributed by atoms with Crippen molar-refractivity contribution in [3.63, 3.8) is 0 Å². The maximum atomic E-state index is 12.9. The van der Waals surface area contributed by atoms with Gasteiger partial charge in [0.25, 0.3) is 0 Å². The number of aromatic nitrogens is 1. The quantitative estimate of drug-likeness (QED) is 0.469. The van der Waals surface area contributed by atoms with E-state index in [0.29, 0.717) is 6.54 Å². The van der Waals surface area contributed by atoms with E-state index in [9.17, 15) is 4.79 Å². The van der Waals surface area contributed by atoms with Crippen LogP contribution in [0.2, 0.25) is 0 Å². The molecule has 1 N–H and O–H groups in total. The number of nitrogens with one attached hydrogen (secondary N) is 1. The molecular weight excluding hydrogens is 378 g/mol. The summed E-state index contributed by atoms with van der Waals surface area (Å²) in [6, 6.07) is 25.8. The molecule has 0 aliphatic rings. The van der Waals surface area contributed by atoms with Crippen LogP contribution in [0.1, 0.15) is 11.9 Å². The molecule has 0 saturated heterocycles. The monoisotopic (exact) mass is 401 g/mol. The number of rotatable bonds is 6. The Morgan fingerprint density at radius 2 is 1.69 bits per heavy atom. The first-order valence-electron chi connectivity index (χ1n) is 9.62. The molecule has 1 aromatic heterocycles. The van der Waals surface area contributed by atoms with Crippen LogP contribution >= 0.6 is 11.3 Å². The zero-order valence-corrected chi connectivity index (χ0v) is 17.3. The van der Waals surface area contributed by atoms with Crippen LogP contribution in [-0.4, -0.2) is 28.9 Å². The fourth-order valence-corrected chi connectivity index (χ4v) is 4.27. The molecule has 0 spiro atoms. The Labute approximate surface area is 174 Å². The summed E-state index contributed by atoms with van der Waals surface area (Å²) < 4.78 is 1.17. The minimum absolute atomic E-state index is 0.0306. The second kappa shape index (κ2) is 8.55. The molecule has 1 amide bonds. The molecule has 29 heavy (non-hydrogen) atoms. The average Bonchev–Trinajstić information content (AvgIpc) is 3.16. The topological polar surface area (TPSA) is 45.2 Å². The van der Waals surface area contributed by atoms with E-state index in [1.807, 2.05) is 91.7 Å². The molecular formula is C24H23N3OS. The van der Waals surface area contributed by atoms with E-state index in [1.165, 1.54) is 4.70 Å². The number of fused-ring (bicyclic) bond motifs is 1. The number of likely N-dealkylation sites (N-methyl/N-ethyl adjacent to an activating group) is 1. The fourth-order valence-electron chi connectivity index (χ4n) is 3.24. The van der Waals surface area contributed by atoms with Gasteiger partial charge in [-0.3, -0.25) is 9.69 Å². The van der Waals surface area contributed by atoms with Gasteiger partial charge in [0.05, 0.1) is 22.8 Å². The van der Waals surface area contributed by atoms with Crippen LogP contribution in [0.25, 0.3) is 21.3 Å². The Hall–Kier alpha value is -3.02. The van der Waals surface area contributed by atoms with E-state index in [2.05, 4.69) is 16.4 Å². The first-order chi connectivity index (χ1) is 14.1. The second-order valence-electron chi connectivity index (χ2n) is 7.07. The second-order valence-corrected chi connectivity index (χ2v) is 8.18. The number of benzene rings is 3. The molecule has 0 aliphatic heterocycles. The molecule has 0 aliphatic carbocycles. The lowest BCUT2D eigenvalue weighted by Crippen LogP contribution is -2.39. The highest BCUT2D eigenvalue weighted by Gasteiger charge is 2.20. The first kappa shape index (κ1) is 19.3. The van der Waals surface area contributed by atoms with Crippen LogP contribution in [0, 0.1) is 0 Å². The van der Waals surface area contributed by atoms with Gasteiger partial charge in [-0.25, -0.2) is 4.98 Å². The maximum Gasteiger partial charge on any atom is 0.241 e. The normalized spacial score (nSPS) is 12.2. The molecule has 0 saturated carbocycles. The van der Waals surface area contributed by atoms with Crippen molar-refractivity contribution in [2.45, 2.75) is 19.5 Å². The van der Waals surface area contributed by atoms with E-state index >= 15 is 0 Å². The zero-order chi connectivity index (χ0) is 20.2. The van der Waals surface area contributed by atoms with Crippen LogP contribution in [0.4, 0.5) is 5.69 Å². The molecule has 4 rings (SSSR count). The van der Waals surface area contributed by atoms with E-state index < -0.39 is 0 Å². The van der Waals surface area contributed by atoms with Gasteiger partial charge in [0.15, 0.2) is 0 Å². The molecule has 4 nitrogen and oxygen atoms in total. The smallest absolute Gasteiger partial charge is 0.241 e. The Bertz CT molecular complexity index is 1090. The van der Waals surface area contributed by atoms with Crippen molar-refractivity contribution >= 4 is 33.1 Å². The van der Waals surface area contributed by atoms with Gasteiger partial charge in [0, 0.05) is 11.3 Å². The van der Waals surface area contributed by atoms with Crippen LogP contribution in [0.5, 0.6) is 0 Å². The number of anilines is 1. The molecule has 0 bridgehead atoms. The zero-order valence-electron chi connectivity index (χ0n) is 16.5. The summed E-state index contributed by atoms with van der Waals surface area (Å²) in [5.74, 6) is -0.0306. The Kier molecular flexibility index (Phi) is 5.69. The molecule has 146 valence electrons. The third kappa shape index (κ3) is 4.36. The Morgan fingerprint density at radius 3 is 2.48 bits per heavy atom.